The minimum absolute atomic E-state index is 0.0156. The number of piperidine rings is 2. The fraction of sp³-hybridized carbons (Fsp3) is 0.800. The fourth-order valence-electron chi connectivity index (χ4n) is 3.40. The summed E-state index contributed by atoms with van der Waals surface area (Å²) in [4.78, 5) is 38.6. The number of carboxylic acids is 1. The monoisotopic (exact) mass is 296 g/mol. The van der Waals surface area contributed by atoms with Crippen molar-refractivity contribution in [2.45, 2.75) is 45.6 Å². The van der Waals surface area contributed by atoms with Crippen LogP contribution in [0.5, 0.6) is 0 Å². The van der Waals surface area contributed by atoms with Gasteiger partial charge in [0.05, 0.1) is 5.92 Å². The molecule has 0 aromatic rings. The van der Waals surface area contributed by atoms with Crippen molar-refractivity contribution in [2.24, 2.45) is 11.8 Å². The van der Waals surface area contributed by atoms with Crippen molar-refractivity contribution in [3.63, 3.8) is 0 Å². The molecule has 0 radical (unpaired) electrons. The molecule has 0 aliphatic carbocycles. The topological polar surface area (TPSA) is 77.9 Å². The molecule has 0 aromatic carbocycles. The first-order valence-electron chi connectivity index (χ1n) is 7.69. The normalized spacial score (nSPS) is 27.5. The van der Waals surface area contributed by atoms with Crippen molar-refractivity contribution < 1.29 is 19.5 Å². The van der Waals surface area contributed by atoms with E-state index in [9.17, 15) is 14.4 Å². The van der Waals surface area contributed by atoms with Crippen LogP contribution in [-0.2, 0) is 14.4 Å². The van der Waals surface area contributed by atoms with Crippen LogP contribution in [0.25, 0.3) is 0 Å². The average Bonchev–Trinajstić information content (AvgIpc) is 2.46. The fourth-order valence-corrected chi connectivity index (χ4v) is 3.40. The molecule has 2 amide bonds. The summed E-state index contributed by atoms with van der Waals surface area (Å²) in [5.74, 6) is -0.914. The highest BCUT2D eigenvalue weighted by molar-refractivity contribution is 5.80. The van der Waals surface area contributed by atoms with Gasteiger partial charge < -0.3 is 14.9 Å². The van der Waals surface area contributed by atoms with Crippen LogP contribution in [0.1, 0.15) is 39.5 Å². The zero-order chi connectivity index (χ0) is 15.6. The number of hydrogen-bond acceptors (Lipinski definition) is 3. The lowest BCUT2D eigenvalue weighted by atomic mass is 9.88. The zero-order valence-corrected chi connectivity index (χ0v) is 12.7. The summed E-state index contributed by atoms with van der Waals surface area (Å²) in [6, 6.07) is -0.0156. The second-order valence-electron chi connectivity index (χ2n) is 6.22. The first-order valence-corrected chi connectivity index (χ1v) is 7.69. The molecule has 0 spiro atoms. The highest BCUT2D eigenvalue weighted by atomic mass is 16.4. The maximum absolute atomic E-state index is 12.6. The summed E-state index contributed by atoms with van der Waals surface area (Å²) in [7, 11) is 0. The van der Waals surface area contributed by atoms with Crippen molar-refractivity contribution in [3.8, 4) is 0 Å². The van der Waals surface area contributed by atoms with Crippen LogP contribution < -0.4 is 0 Å². The number of likely N-dealkylation sites (tertiary alicyclic amines) is 2. The predicted molar refractivity (Wildman–Crippen MR) is 76.5 cm³/mol. The van der Waals surface area contributed by atoms with Gasteiger partial charge in [0.25, 0.3) is 0 Å². The van der Waals surface area contributed by atoms with E-state index in [0.717, 1.165) is 0 Å². The third-order valence-electron chi connectivity index (χ3n) is 4.80. The molecule has 21 heavy (non-hydrogen) atoms. The molecular weight excluding hydrogens is 272 g/mol. The van der Waals surface area contributed by atoms with E-state index in [0.29, 0.717) is 45.3 Å². The molecule has 2 fully saturated rings. The molecule has 1 N–H and O–H groups in total. The molecule has 2 rings (SSSR count). The predicted octanol–water partition coefficient (Wildman–Crippen LogP) is 0.957. The number of carbonyl (C=O) groups is 3. The highest BCUT2D eigenvalue weighted by Gasteiger charge is 2.36. The van der Waals surface area contributed by atoms with Crippen LogP contribution in [-0.4, -0.2) is 58.4 Å². The van der Waals surface area contributed by atoms with E-state index < -0.39 is 5.97 Å². The van der Waals surface area contributed by atoms with Crippen molar-refractivity contribution in [1.82, 2.24) is 9.80 Å². The summed E-state index contributed by atoms with van der Waals surface area (Å²) in [6.45, 7) is 5.31. The van der Waals surface area contributed by atoms with Gasteiger partial charge in [-0.25, -0.2) is 0 Å². The van der Waals surface area contributed by atoms with E-state index in [4.69, 9.17) is 5.11 Å². The van der Waals surface area contributed by atoms with Gasteiger partial charge in [0, 0.05) is 38.5 Å². The Morgan fingerprint density at radius 1 is 1.00 bits per heavy atom. The maximum atomic E-state index is 12.6. The van der Waals surface area contributed by atoms with E-state index in [2.05, 4.69) is 0 Å². The van der Waals surface area contributed by atoms with Crippen LogP contribution in [0.3, 0.4) is 0 Å². The van der Waals surface area contributed by atoms with E-state index in [1.165, 1.54) is 0 Å². The second kappa shape index (κ2) is 6.45. The van der Waals surface area contributed by atoms with E-state index >= 15 is 0 Å². The van der Waals surface area contributed by atoms with Gasteiger partial charge in [-0.15, -0.1) is 0 Å². The quantitative estimate of drug-likeness (QED) is 0.823. The molecule has 0 bridgehead atoms. The lowest BCUT2D eigenvalue weighted by Gasteiger charge is -2.40. The molecule has 2 atom stereocenters. The van der Waals surface area contributed by atoms with Crippen molar-refractivity contribution in [1.29, 1.82) is 0 Å². The molecule has 0 saturated carbocycles. The van der Waals surface area contributed by atoms with Gasteiger partial charge in [0.15, 0.2) is 0 Å². The third-order valence-corrected chi connectivity index (χ3v) is 4.80. The largest absolute Gasteiger partial charge is 0.481 e. The molecule has 2 aliphatic rings. The Bertz CT molecular complexity index is 429. The first-order chi connectivity index (χ1) is 9.90. The van der Waals surface area contributed by atoms with Crippen LogP contribution in [0.2, 0.25) is 0 Å². The summed E-state index contributed by atoms with van der Waals surface area (Å²) in [5.41, 5.74) is 0. The smallest absolute Gasteiger partial charge is 0.306 e. The lowest BCUT2D eigenvalue weighted by Crippen LogP contribution is -2.50. The molecule has 0 aromatic heterocycles. The van der Waals surface area contributed by atoms with Crippen molar-refractivity contribution >= 4 is 17.8 Å². The Morgan fingerprint density at radius 2 is 1.57 bits per heavy atom. The number of rotatable bonds is 2. The number of hydrogen-bond donors (Lipinski definition) is 1. The van der Waals surface area contributed by atoms with Gasteiger partial charge in [-0.2, -0.15) is 0 Å². The van der Waals surface area contributed by atoms with E-state index in [-0.39, 0.29) is 29.7 Å². The third kappa shape index (κ3) is 3.54. The Labute approximate surface area is 125 Å². The molecule has 118 valence electrons. The molecule has 2 aliphatic heterocycles. The minimum Gasteiger partial charge on any atom is -0.481 e. The Hall–Kier alpha value is -1.59. The van der Waals surface area contributed by atoms with Gasteiger partial charge in [-0.05, 0) is 32.6 Å². The highest BCUT2D eigenvalue weighted by Crippen LogP contribution is 2.27. The van der Waals surface area contributed by atoms with Crippen molar-refractivity contribution in [3.05, 3.63) is 0 Å². The Kier molecular flexibility index (Phi) is 4.85. The van der Waals surface area contributed by atoms with Gasteiger partial charge >= 0.3 is 5.97 Å². The van der Waals surface area contributed by atoms with Crippen molar-refractivity contribution in [2.75, 3.05) is 19.6 Å². The molecule has 6 nitrogen and oxygen atoms in total. The lowest BCUT2D eigenvalue weighted by molar-refractivity contribution is -0.149. The number of carboxylic acid groups (broad SMARTS) is 1. The van der Waals surface area contributed by atoms with Gasteiger partial charge in [-0.1, -0.05) is 0 Å². The molecule has 2 saturated heterocycles. The molecule has 6 heteroatoms. The number of aliphatic carboxylic acids is 1. The molecular formula is C15H24N2O4. The number of carbonyl (C=O) groups excluding carboxylic acids is 2. The van der Waals surface area contributed by atoms with Crippen LogP contribution in [0.15, 0.2) is 0 Å². The number of nitrogens with zero attached hydrogens (tertiary/aromatic N) is 2. The zero-order valence-electron chi connectivity index (χ0n) is 12.7. The summed E-state index contributed by atoms with van der Waals surface area (Å²) >= 11 is 0. The second-order valence-corrected chi connectivity index (χ2v) is 6.22. The van der Waals surface area contributed by atoms with Gasteiger partial charge in [0.2, 0.25) is 11.8 Å². The SMILES string of the molecule is CC(=O)N1CCC(C(=O)N2CCC(C(=O)O)CC2C)CC1. The van der Waals surface area contributed by atoms with Crippen LogP contribution >= 0.6 is 0 Å². The standard InChI is InChI=1S/C15H24N2O4/c1-10-9-13(15(20)21)5-8-17(10)14(19)12-3-6-16(7-4-12)11(2)18/h10,12-13H,3-9H2,1-2H3,(H,20,21). The molecule has 2 heterocycles. The Balaban J connectivity index is 1.89. The summed E-state index contributed by atoms with van der Waals surface area (Å²) in [6.07, 6.45) is 2.50. The van der Waals surface area contributed by atoms with E-state index in [1.54, 1.807) is 11.8 Å². The molecule has 2 unspecified atom stereocenters. The van der Waals surface area contributed by atoms with E-state index in [1.807, 2.05) is 11.8 Å². The minimum atomic E-state index is -0.760. The first kappa shape index (κ1) is 15.8. The average molecular weight is 296 g/mol. The Morgan fingerprint density at radius 3 is 2.05 bits per heavy atom. The van der Waals surface area contributed by atoms with Crippen LogP contribution in [0, 0.1) is 11.8 Å². The summed E-state index contributed by atoms with van der Waals surface area (Å²) in [5, 5.41) is 9.07. The van der Waals surface area contributed by atoms with Gasteiger partial charge in [-0.3, -0.25) is 14.4 Å². The van der Waals surface area contributed by atoms with Gasteiger partial charge in [0.1, 0.15) is 0 Å². The maximum Gasteiger partial charge on any atom is 0.306 e. The van der Waals surface area contributed by atoms with Crippen LogP contribution in [0.4, 0.5) is 0 Å². The summed E-state index contributed by atoms with van der Waals surface area (Å²) < 4.78 is 0. The number of amides is 2.